The molecule has 0 fully saturated rings. The first-order chi connectivity index (χ1) is 6.65. The second kappa shape index (κ2) is 5.02. The minimum atomic E-state index is -0.0135. The normalized spacial score (nSPS) is 12.5. The fourth-order valence-corrected chi connectivity index (χ4v) is 1.29. The van der Waals surface area contributed by atoms with Gasteiger partial charge in [0.1, 0.15) is 11.0 Å². The van der Waals surface area contributed by atoms with E-state index in [1.165, 1.54) is 0 Å². The molecule has 1 atom stereocenters. The van der Waals surface area contributed by atoms with Gasteiger partial charge in [-0.05, 0) is 12.5 Å². The predicted octanol–water partition coefficient (Wildman–Crippen LogP) is 1.50. The van der Waals surface area contributed by atoms with Crippen LogP contribution in [0.3, 0.4) is 0 Å². The van der Waals surface area contributed by atoms with Crippen molar-refractivity contribution in [1.29, 1.82) is 0 Å². The Kier molecular flexibility index (Phi) is 3.98. The van der Waals surface area contributed by atoms with Gasteiger partial charge >= 0.3 is 0 Å². The minimum Gasteiger partial charge on any atom is -0.399 e. The average Bonchev–Trinajstić information content (AvgIpc) is 2.12. The number of nitrogens with one attached hydrogen (secondary N) is 1. The molecule has 0 radical (unpaired) electrons. The van der Waals surface area contributed by atoms with E-state index >= 15 is 0 Å². The Balaban J connectivity index is 2.75. The number of nitrogens with zero attached hydrogens (tertiary/aromatic N) is 1. The first-order valence-corrected chi connectivity index (χ1v) is 4.84. The number of nitrogen functional groups attached to an aromatic ring is 1. The van der Waals surface area contributed by atoms with Crippen molar-refractivity contribution in [2.45, 2.75) is 19.4 Å². The molecule has 0 spiro atoms. The number of hydrogen-bond acceptors (Lipinski definition) is 4. The number of halogens is 1. The van der Waals surface area contributed by atoms with E-state index in [1.54, 1.807) is 12.1 Å². The number of pyridine rings is 1. The maximum absolute atomic E-state index is 8.97. The van der Waals surface area contributed by atoms with Gasteiger partial charge in [0.05, 0.1) is 12.6 Å². The van der Waals surface area contributed by atoms with Crippen molar-refractivity contribution >= 4 is 23.1 Å². The van der Waals surface area contributed by atoms with Gasteiger partial charge in [0.25, 0.3) is 0 Å². The molecule has 0 unspecified atom stereocenters. The molecule has 4 nitrogen and oxygen atoms in total. The molecule has 1 aromatic rings. The third-order valence-electron chi connectivity index (χ3n) is 1.88. The highest BCUT2D eigenvalue weighted by Crippen LogP contribution is 2.16. The zero-order chi connectivity index (χ0) is 10.6. The molecule has 1 heterocycles. The summed E-state index contributed by atoms with van der Waals surface area (Å²) in [6.07, 6.45) is 0.810. The summed E-state index contributed by atoms with van der Waals surface area (Å²) >= 11 is 5.73. The first-order valence-electron chi connectivity index (χ1n) is 4.46. The monoisotopic (exact) mass is 215 g/mol. The van der Waals surface area contributed by atoms with Crippen LogP contribution in [0.1, 0.15) is 13.3 Å². The Morgan fingerprint density at radius 3 is 2.86 bits per heavy atom. The molecule has 0 aliphatic heterocycles. The number of rotatable bonds is 4. The van der Waals surface area contributed by atoms with Gasteiger partial charge < -0.3 is 16.2 Å². The number of aliphatic hydroxyl groups excluding tert-OH is 1. The number of anilines is 2. The third kappa shape index (κ3) is 3.05. The van der Waals surface area contributed by atoms with Crippen LogP contribution in [0, 0.1) is 0 Å². The van der Waals surface area contributed by atoms with Gasteiger partial charge in [-0.1, -0.05) is 18.5 Å². The smallest absolute Gasteiger partial charge is 0.133 e. The highest BCUT2D eigenvalue weighted by molar-refractivity contribution is 6.29. The lowest BCUT2D eigenvalue weighted by Gasteiger charge is -2.14. The lowest BCUT2D eigenvalue weighted by atomic mass is 10.2. The highest BCUT2D eigenvalue weighted by Gasteiger charge is 2.05. The summed E-state index contributed by atoms with van der Waals surface area (Å²) in [4.78, 5) is 4.03. The van der Waals surface area contributed by atoms with Crippen molar-refractivity contribution in [3.63, 3.8) is 0 Å². The Labute approximate surface area is 88.1 Å². The zero-order valence-corrected chi connectivity index (χ0v) is 8.75. The van der Waals surface area contributed by atoms with E-state index in [-0.39, 0.29) is 12.6 Å². The van der Waals surface area contributed by atoms with Gasteiger partial charge in [0, 0.05) is 11.8 Å². The molecule has 1 rings (SSSR count). The molecule has 0 aliphatic rings. The average molecular weight is 216 g/mol. The van der Waals surface area contributed by atoms with Crippen LogP contribution in [0.25, 0.3) is 0 Å². The summed E-state index contributed by atoms with van der Waals surface area (Å²) in [6.45, 7) is 2.03. The summed E-state index contributed by atoms with van der Waals surface area (Å²) in [5.41, 5.74) is 6.15. The molecule has 0 aromatic carbocycles. The van der Waals surface area contributed by atoms with E-state index in [0.717, 1.165) is 6.42 Å². The number of aromatic nitrogens is 1. The van der Waals surface area contributed by atoms with E-state index in [2.05, 4.69) is 10.3 Å². The molecule has 0 aliphatic carbocycles. The lowest BCUT2D eigenvalue weighted by Crippen LogP contribution is -2.23. The fourth-order valence-electron chi connectivity index (χ4n) is 1.08. The summed E-state index contributed by atoms with van der Waals surface area (Å²) < 4.78 is 0. The number of nitrogens with two attached hydrogens (primary N) is 1. The Hall–Kier alpha value is -1.00. The predicted molar refractivity (Wildman–Crippen MR) is 58.4 cm³/mol. The number of hydrogen-bond donors (Lipinski definition) is 3. The van der Waals surface area contributed by atoms with Gasteiger partial charge in [-0.15, -0.1) is 0 Å². The topological polar surface area (TPSA) is 71.2 Å². The van der Waals surface area contributed by atoms with E-state index in [0.29, 0.717) is 16.7 Å². The van der Waals surface area contributed by atoms with Crippen molar-refractivity contribution in [3.8, 4) is 0 Å². The quantitative estimate of drug-likeness (QED) is 0.666. The van der Waals surface area contributed by atoms with Crippen LogP contribution in [-0.2, 0) is 0 Å². The van der Waals surface area contributed by atoms with Gasteiger partial charge in [0.15, 0.2) is 0 Å². The molecule has 14 heavy (non-hydrogen) atoms. The standard InChI is InChI=1S/C9H14ClN3O/c1-2-7(5-14)12-9-4-6(11)3-8(10)13-9/h3-4,7,14H,2,5H2,1H3,(H3,11,12,13)/t7-/m1/s1. The van der Waals surface area contributed by atoms with Crippen LogP contribution in [-0.4, -0.2) is 22.7 Å². The van der Waals surface area contributed by atoms with Gasteiger partial charge in [0.2, 0.25) is 0 Å². The van der Waals surface area contributed by atoms with Crippen LogP contribution in [0.15, 0.2) is 12.1 Å². The van der Waals surface area contributed by atoms with Crippen molar-refractivity contribution in [1.82, 2.24) is 4.98 Å². The van der Waals surface area contributed by atoms with Gasteiger partial charge in [-0.3, -0.25) is 0 Å². The van der Waals surface area contributed by atoms with Crippen LogP contribution in [0.5, 0.6) is 0 Å². The molecular formula is C9H14ClN3O. The Bertz CT molecular complexity index is 282. The molecule has 0 saturated carbocycles. The maximum atomic E-state index is 8.97. The van der Waals surface area contributed by atoms with E-state index in [1.807, 2.05) is 6.92 Å². The molecule has 0 saturated heterocycles. The highest BCUT2D eigenvalue weighted by atomic mass is 35.5. The lowest BCUT2D eigenvalue weighted by molar-refractivity contribution is 0.271. The Morgan fingerprint density at radius 1 is 1.64 bits per heavy atom. The zero-order valence-electron chi connectivity index (χ0n) is 8.00. The van der Waals surface area contributed by atoms with E-state index < -0.39 is 0 Å². The summed E-state index contributed by atoms with van der Waals surface area (Å²) in [7, 11) is 0. The first kappa shape index (κ1) is 11.1. The number of aliphatic hydroxyl groups is 1. The van der Waals surface area contributed by atoms with E-state index in [9.17, 15) is 0 Å². The molecule has 0 amide bonds. The van der Waals surface area contributed by atoms with Crippen molar-refractivity contribution < 1.29 is 5.11 Å². The summed E-state index contributed by atoms with van der Waals surface area (Å²) in [5.74, 6) is 0.593. The molecular weight excluding hydrogens is 202 g/mol. The second-order valence-electron chi connectivity index (χ2n) is 3.04. The van der Waals surface area contributed by atoms with E-state index in [4.69, 9.17) is 22.4 Å². The Morgan fingerprint density at radius 2 is 2.36 bits per heavy atom. The van der Waals surface area contributed by atoms with Crippen molar-refractivity contribution in [2.75, 3.05) is 17.7 Å². The van der Waals surface area contributed by atoms with Gasteiger partial charge in [-0.25, -0.2) is 4.98 Å². The maximum Gasteiger partial charge on any atom is 0.133 e. The van der Waals surface area contributed by atoms with Gasteiger partial charge in [-0.2, -0.15) is 0 Å². The molecule has 1 aromatic heterocycles. The van der Waals surface area contributed by atoms with Crippen molar-refractivity contribution in [2.24, 2.45) is 0 Å². The van der Waals surface area contributed by atoms with Crippen LogP contribution < -0.4 is 11.1 Å². The van der Waals surface area contributed by atoms with Crippen molar-refractivity contribution in [3.05, 3.63) is 17.3 Å². The summed E-state index contributed by atoms with van der Waals surface area (Å²) in [6, 6.07) is 3.25. The van der Waals surface area contributed by atoms with Crippen LogP contribution >= 0.6 is 11.6 Å². The summed E-state index contributed by atoms with van der Waals surface area (Å²) in [5, 5.41) is 12.4. The molecule has 5 heteroatoms. The third-order valence-corrected chi connectivity index (χ3v) is 2.08. The molecule has 78 valence electrons. The fraction of sp³-hybridized carbons (Fsp3) is 0.444. The van der Waals surface area contributed by atoms with Crippen LogP contribution in [0.2, 0.25) is 5.15 Å². The molecule has 4 N–H and O–H groups in total. The molecule has 0 bridgehead atoms. The second-order valence-corrected chi connectivity index (χ2v) is 3.43. The SMILES string of the molecule is CC[C@H](CO)Nc1cc(N)cc(Cl)n1. The largest absolute Gasteiger partial charge is 0.399 e. The van der Waals surface area contributed by atoms with Crippen LogP contribution in [0.4, 0.5) is 11.5 Å². The minimum absolute atomic E-state index is 0.0135.